The van der Waals surface area contributed by atoms with Gasteiger partial charge in [-0.15, -0.1) is 5.10 Å². The number of amides is 1. The number of hydrogen-bond acceptors (Lipinski definition) is 5. The zero-order valence-corrected chi connectivity index (χ0v) is 18.4. The number of methoxy groups -OCH3 is 1. The van der Waals surface area contributed by atoms with Crippen molar-refractivity contribution in [2.75, 3.05) is 12.4 Å². The summed E-state index contributed by atoms with van der Waals surface area (Å²) in [6, 6.07) is 20.4. The molecule has 3 aromatic carbocycles. The van der Waals surface area contributed by atoms with E-state index in [1.54, 1.807) is 73.8 Å². The summed E-state index contributed by atoms with van der Waals surface area (Å²) in [6.45, 7) is 3.73. The van der Waals surface area contributed by atoms with Crippen LogP contribution in [0.4, 0.5) is 10.1 Å². The highest BCUT2D eigenvalue weighted by Gasteiger charge is 2.18. The number of nitrogens with one attached hydrogen (secondary N) is 1. The standard InChI is InChI=1S/C25H23FN4O3/c1-16(2)33-25-28-23(21-9-4-5-10-22(21)26)30(29-25)19-13-11-18(12-14-19)27-24(31)17-7-6-8-20(15-17)32-3/h4-16H,1-3H3,(H,27,31). The third kappa shape index (κ3) is 5.01. The van der Waals surface area contributed by atoms with Crippen LogP contribution < -0.4 is 14.8 Å². The van der Waals surface area contributed by atoms with Gasteiger partial charge in [0.1, 0.15) is 11.6 Å². The predicted octanol–water partition coefficient (Wildman–Crippen LogP) is 5.12. The van der Waals surface area contributed by atoms with Gasteiger partial charge in [0.2, 0.25) is 0 Å². The van der Waals surface area contributed by atoms with E-state index in [9.17, 15) is 9.18 Å². The van der Waals surface area contributed by atoms with Gasteiger partial charge in [-0.1, -0.05) is 18.2 Å². The Labute approximate surface area is 190 Å². The third-order valence-corrected chi connectivity index (χ3v) is 4.75. The first-order chi connectivity index (χ1) is 15.9. The van der Waals surface area contributed by atoms with Gasteiger partial charge in [-0.05, 0) is 68.4 Å². The summed E-state index contributed by atoms with van der Waals surface area (Å²) in [4.78, 5) is 17.0. The van der Waals surface area contributed by atoms with Gasteiger partial charge in [-0.25, -0.2) is 9.07 Å². The molecule has 0 aliphatic carbocycles. The summed E-state index contributed by atoms with van der Waals surface area (Å²) in [5.74, 6) is 0.243. The molecule has 7 nitrogen and oxygen atoms in total. The molecule has 1 N–H and O–H groups in total. The largest absolute Gasteiger partial charge is 0.497 e. The van der Waals surface area contributed by atoms with Crippen molar-refractivity contribution in [3.8, 4) is 28.8 Å². The Morgan fingerprint density at radius 3 is 2.48 bits per heavy atom. The van der Waals surface area contributed by atoms with Crippen LogP contribution in [0, 0.1) is 5.82 Å². The van der Waals surface area contributed by atoms with Gasteiger partial charge in [0.05, 0.1) is 24.5 Å². The highest BCUT2D eigenvalue weighted by molar-refractivity contribution is 6.04. The van der Waals surface area contributed by atoms with Crippen LogP contribution in [-0.2, 0) is 0 Å². The Morgan fingerprint density at radius 1 is 1.03 bits per heavy atom. The van der Waals surface area contributed by atoms with Crippen molar-refractivity contribution in [1.82, 2.24) is 14.8 Å². The van der Waals surface area contributed by atoms with E-state index in [4.69, 9.17) is 9.47 Å². The van der Waals surface area contributed by atoms with Crippen molar-refractivity contribution in [3.63, 3.8) is 0 Å². The molecular formula is C25H23FN4O3. The summed E-state index contributed by atoms with van der Waals surface area (Å²) in [5, 5.41) is 7.26. The van der Waals surface area contributed by atoms with Crippen molar-refractivity contribution in [3.05, 3.63) is 84.2 Å². The van der Waals surface area contributed by atoms with Gasteiger partial charge in [-0.2, -0.15) is 4.98 Å². The second-order valence-electron chi connectivity index (χ2n) is 7.51. The van der Waals surface area contributed by atoms with Crippen molar-refractivity contribution >= 4 is 11.6 Å². The van der Waals surface area contributed by atoms with E-state index in [1.807, 2.05) is 13.8 Å². The first-order valence-electron chi connectivity index (χ1n) is 10.4. The molecule has 1 amide bonds. The van der Waals surface area contributed by atoms with Crippen LogP contribution in [0.5, 0.6) is 11.8 Å². The number of ether oxygens (including phenoxy) is 2. The first kappa shape index (κ1) is 22.0. The Kier molecular flexibility index (Phi) is 6.35. The van der Waals surface area contributed by atoms with Crippen LogP contribution in [0.25, 0.3) is 17.1 Å². The molecule has 8 heteroatoms. The number of carbonyl (C=O) groups excluding carboxylic acids is 1. The summed E-state index contributed by atoms with van der Waals surface area (Å²) in [5.41, 5.74) is 2.02. The molecule has 0 unspecified atom stereocenters. The molecule has 4 rings (SSSR count). The minimum atomic E-state index is -0.413. The first-order valence-corrected chi connectivity index (χ1v) is 10.4. The Morgan fingerprint density at radius 2 is 1.79 bits per heavy atom. The molecule has 0 aliphatic heterocycles. The van der Waals surface area contributed by atoms with E-state index in [-0.39, 0.29) is 18.0 Å². The molecule has 0 atom stereocenters. The van der Waals surface area contributed by atoms with Gasteiger partial charge in [0.15, 0.2) is 5.82 Å². The fraction of sp³-hybridized carbons (Fsp3) is 0.160. The maximum absolute atomic E-state index is 14.5. The minimum absolute atomic E-state index is 0.136. The Bertz CT molecular complexity index is 1270. The van der Waals surface area contributed by atoms with Gasteiger partial charge in [0, 0.05) is 11.3 Å². The van der Waals surface area contributed by atoms with E-state index < -0.39 is 5.82 Å². The van der Waals surface area contributed by atoms with Crippen molar-refractivity contribution in [2.45, 2.75) is 20.0 Å². The van der Waals surface area contributed by atoms with Crippen LogP contribution in [0.2, 0.25) is 0 Å². The normalized spacial score (nSPS) is 10.8. The number of anilines is 1. The monoisotopic (exact) mass is 446 g/mol. The molecule has 0 saturated heterocycles. The fourth-order valence-corrected chi connectivity index (χ4v) is 3.20. The van der Waals surface area contributed by atoms with Crippen LogP contribution in [-0.4, -0.2) is 33.9 Å². The number of hydrogen-bond donors (Lipinski definition) is 1. The van der Waals surface area contributed by atoms with E-state index in [0.29, 0.717) is 34.1 Å². The van der Waals surface area contributed by atoms with Gasteiger partial charge < -0.3 is 14.8 Å². The second-order valence-corrected chi connectivity index (χ2v) is 7.51. The van der Waals surface area contributed by atoms with Crippen molar-refractivity contribution in [2.24, 2.45) is 0 Å². The van der Waals surface area contributed by atoms with Crippen LogP contribution in [0.15, 0.2) is 72.8 Å². The predicted molar refractivity (Wildman–Crippen MR) is 123 cm³/mol. The highest BCUT2D eigenvalue weighted by Crippen LogP contribution is 2.27. The lowest BCUT2D eigenvalue weighted by atomic mass is 10.2. The molecule has 1 heterocycles. The van der Waals surface area contributed by atoms with Gasteiger partial charge in [0.25, 0.3) is 5.91 Å². The summed E-state index contributed by atoms with van der Waals surface area (Å²) in [6.07, 6.45) is -0.136. The number of rotatable bonds is 7. The number of benzene rings is 3. The average molecular weight is 446 g/mol. The lowest BCUT2D eigenvalue weighted by molar-refractivity contribution is 0.102. The Hall–Kier alpha value is -4.20. The molecule has 33 heavy (non-hydrogen) atoms. The fourth-order valence-electron chi connectivity index (χ4n) is 3.20. The van der Waals surface area contributed by atoms with E-state index >= 15 is 0 Å². The van der Waals surface area contributed by atoms with Crippen LogP contribution in [0.3, 0.4) is 0 Å². The number of aromatic nitrogens is 3. The smallest absolute Gasteiger partial charge is 0.336 e. The number of nitrogens with zero attached hydrogens (tertiary/aromatic N) is 3. The average Bonchev–Trinajstić information content (AvgIpc) is 3.22. The molecule has 0 aliphatic rings. The number of carbonyl (C=O) groups is 1. The molecular weight excluding hydrogens is 423 g/mol. The summed E-state index contributed by atoms with van der Waals surface area (Å²) < 4.78 is 26.8. The van der Waals surface area contributed by atoms with Crippen LogP contribution in [0.1, 0.15) is 24.2 Å². The van der Waals surface area contributed by atoms with E-state index in [0.717, 1.165) is 0 Å². The lowest BCUT2D eigenvalue weighted by Crippen LogP contribution is -2.12. The zero-order valence-electron chi connectivity index (χ0n) is 18.4. The second kappa shape index (κ2) is 9.52. The maximum Gasteiger partial charge on any atom is 0.336 e. The van der Waals surface area contributed by atoms with Gasteiger partial charge in [-0.3, -0.25) is 4.79 Å². The van der Waals surface area contributed by atoms with Gasteiger partial charge >= 0.3 is 6.01 Å². The van der Waals surface area contributed by atoms with Crippen molar-refractivity contribution < 1.29 is 18.7 Å². The molecule has 0 fully saturated rings. The SMILES string of the molecule is COc1cccc(C(=O)Nc2ccc(-n3nc(OC(C)C)nc3-c3ccccc3F)cc2)c1. The summed E-state index contributed by atoms with van der Waals surface area (Å²) >= 11 is 0. The van der Waals surface area contributed by atoms with E-state index in [1.165, 1.54) is 10.7 Å². The zero-order chi connectivity index (χ0) is 23.4. The molecule has 4 aromatic rings. The molecule has 0 saturated carbocycles. The lowest BCUT2D eigenvalue weighted by Gasteiger charge is -2.09. The van der Waals surface area contributed by atoms with E-state index in [2.05, 4.69) is 15.4 Å². The minimum Gasteiger partial charge on any atom is -0.497 e. The number of halogens is 1. The quantitative estimate of drug-likeness (QED) is 0.426. The van der Waals surface area contributed by atoms with Crippen LogP contribution >= 0.6 is 0 Å². The topological polar surface area (TPSA) is 78.3 Å². The maximum atomic E-state index is 14.5. The Balaban J connectivity index is 1.62. The molecule has 0 radical (unpaired) electrons. The third-order valence-electron chi connectivity index (χ3n) is 4.75. The molecule has 0 spiro atoms. The molecule has 0 bridgehead atoms. The molecule has 168 valence electrons. The van der Waals surface area contributed by atoms with Crippen molar-refractivity contribution in [1.29, 1.82) is 0 Å². The molecule has 1 aromatic heterocycles. The highest BCUT2D eigenvalue weighted by atomic mass is 19.1. The summed E-state index contributed by atoms with van der Waals surface area (Å²) in [7, 11) is 1.55.